The number of carbonyl (C=O) groups excluding carboxylic acids is 1. The van der Waals surface area contributed by atoms with Crippen LogP contribution in [0.5, 0.6) is 0 Å². The molecule has 0 bridgehead atoms. The van der Waals surface area contributed by atoms with Gasteiger partial charge in [-0.2, -0.15) is 0 Å². The molecule has 2 N–H and O–H groups in total. The lowest BCUT2D eigenvalue weighted by Gasteiger charge is -2.03. The number of benzene rings is 2. The first-order valence-electron chi connectivity index (χ1n) is 5.60. The van der Waals surface area contributed by atoms with E-state index in [-0.39, 0.29) is 0 Å². The predicted octanol–water partition coefficient (Wildman–Crippen LogP) is 2.63. The number of aromatic nitrogens is 2. The molecule has 0 saturated heterocycles. The van der Waals surface area contributed by atoms with Crippen LogP contribution < -0.4 is 5.73 Å². The molecule has 2 aromatic carbocycles. The number of carbonyl (C=O) groups is 1. The van der Waals surface area contributed by atoms with Crippen LogP contribution >= 0.6 is 0 Å². The number of nitrogens with zero attached hydrogens (tertiary/aromatic N) is 2. The van der Waals surface area contributed by atoms with Crippen LogP contribution in [0.25, 0.3) is 22.4 Å². The van der Waals surface area contributed by atoms with Gasteiger partial charge in [-0.05, 0) is 12.1 Å². The van der Waals surface area contributed by atoms with Gasteiger partial charge >= 0.3 is 6.03 Å². The molecule has 0 unspecified atom stereocenters. The Balaban J connectivity index is 2.36. The van der Waals surface area contributed by atoms with Gasteiger partial charge in [-0.1, -0.05) is 42.5 Å². The van der Waals surface area contributed by atoms with Crippen LogP contribution in [-0.2, 0) is 0 Å². The minimum atomic E-state index is -0.525. The molecule has 18 heavy (non-hydrogen) atoms. The van der Waals surface area contributed by atoms with Crippen molar-refractivity contribution in [3.63, 3.8) is 0 Å². The summed E-state index contributed by atoms with van der Waals surface area (Å²) in [6.07, 6.45) is 0. The number of primary amides is 1. The number of fused-ring (bicyclic) bond motifs is 1. The van der Waals surface area contributed by atoms with Crippen LogP contribution in [-0.4, -0.2) is 15.6 Å². The number of rotatable bonds is 1. The standard InChI is InChI=1S/C14H11N3O/c15-14(18)17-12-9-5-4-8-11(12)16-13(17)10-6-2-1-3-7-10/h1-9H,(H2,15,18). The van der Waals surface area contributed by atoms with Crippen molar-refractivity contribution in [1.82, 2.24) is 9.55 Å². The Bertz CT molecular complexity index is 716. The number of nitrogens with two attached hydrogens (primary N) is 1. The van der Waals surface area contributed by atoms with E-state index in [0.29, 0.717) is 5.82 Å². The van der Waals surface area contributed by atoms with Crippen LogP contribution in [0.2, 0.25) is 0 Å². The van der Waals surface area contributed by atoms with Crippen LogP contribution in [0.3, 0.4) is 0 Å². The maximum Gasteiger partial charge on any atom is 0.325 e. The third kappa shape index (κ3) is 1.55. The Hall–Kier alpha value is -2.62. The Labute approximate surface area is 104 Å². The summed E-state index contributed by atoms with van der Waals surface area (Å²) in [6.45, 7) is 0. The molecule has 0 fully saturated rings. The quantitative estimate of drug-likeness (QED) is 0.707. The summed E-state index contributed by atoms with van der Waals surface area (Å²) < 4.78 is 1.44. The molecule has 88 valence electrons. The summed E-state index contributed by atoms with van der Waals surface area (Å²) in [5, 5.41) is 0. The molecule has 0 saturated carbocycles. The topological polar surface area (TPSA) is 60.9 Å². The largest absolute Gasteiger partial charge is 0.351 e. The molecular weight excluding hydrogens is 226 g/mol. The molecule has 0 radical (unpaired) electrons. The molecule has 4 heteroatoms. The molecule has 1 amide bonds. The van der Waals surface area contributed by atoms with Crippen molar-refractivity contribution in [3.05, 3.63) is 54.6 Å². The van der Waals surface area contributed by atoms with Gasteiger partial charge in [0.05, 0.1) is 11.0 Å². The second-order valence-corrected chi connectivity index (χ2v) is 3.96. The fourth-order valence-electron chi connectivity index (χ4n) is 2.03. The number of para-hydroxylation sites is 2. The average Bonchev–Trinajstić information content (AvgIpc) is 2.79. The molecule has 4 nitrogen and oxygen atoms in total. The monoisotopic (exact) mass is 237 g/mol. The van der Waals surface area contributed by atoms with Gasteiger partial charge in [0.25, 0.3) is 0 Å². The van der Waals surface area contributed by atoms with E-state index in [4.69, 9.17) is 5.73 Å². The van der Waals surface area contributed by atoms with E-state index in [9.17, 15) is 4.79 Å². The third-order valence-electron chi connectivity index (χ3n) is 2.81. The second kappa shape index (κ2) is 4.00. The number of imidazole rings is 1. The zero-order valence-corrected chi connectivity index (χ0v) is 9.58. The van der Waals surface area contributed by atoms with Crippen molar-refractivity contribution < 1.29 is 4.79 Å². The normalized spacial score (nSPS) is 10.7. The maximum absolute atomic E-state index is 11.6. The molecule has 0 aliphatic carbocycles. The van der Waals surface area contributed by atoms with E-state index in [2.05, 4.69) is 4.98 Å². The lowest BCUT2D eigenvalue weighted by molar-refractivity contribution is 0.251. The Morgan fingerprint density at radius 1 is 1.00 bits per heavy atom. The summed E-state index contributed by atoms with van der Waals surface area (Å²) in [5.74, 6) is 0.573. The molecule has 0 aliphatic heterocycles. The number of hydrogen-bond donors (Lipinski definition) is 1. The van der Waals surface area contributed by atoms with Gasteiger partial charge in [-0.3, -0.25) is 0 Å². The lowest BCUT2D eigenvalue weighted by atomic mass is 10.2. The smallest absolute Gasteiger partial charge is 0.325 e. The van der Waals surface area contributed by atoms with Crippen molar-refractivity contribution in [3.8, 4) is 11.4 Å². The second-order valence-electron chi connectivity index (χ2n) is 3.96. The molecule has 0 spiro atoms. The van der Waals surface area contributed by atoms with Crippen LogP contribution in [0.4, 0.5) is 4.79 Å². The van der Waals surface area contributed by atoms with Crippen molar-refractivity contribution in [2.24, 2.45) is 5.73 Å². The Morgan fingerprint density at radius 2 is 1.67 bits per heavy atom. The van der Waals surface area contributed by atoms with Gasteiger partial charge < -0.3 is 5.73 Å². The van der Waals surface area contributed by atoms with E-state index < -0.39 is 6.03 Å². The van der Waals surface area contributed by atoms with Crippen molar-refractivity contribution in [1.29, 1.82) is 0 Å². The summed E-state index contributed by atoms with van der Waals surface area (Å²) in [5.41, 5.74) is 7.80. The third-order valence-corrected chi connectivity index (χ3v) is 2.81. The van der Waals surface area contributed by atoms with E-state index in [1.807, 2.05) is 54.6 Å². The van der Waals surface area contributed by atoms with E-state index >= 15 is 0 Å². The van der Waals surface area contributed by atoms with Gasteiger partial charge in [0, 0.05) is 5.56 Å². The number of hydrogen-bond acceptors (Lipinski definition) is 2. The first-order valence-corrected chi connectivity index (χ1v) is 5.60. The molecule has 3 aromatic rings. The molecule has 1 heterocycles. The highest BCUT2D eigenvalue weighted by atomic mass is 16.2. The minimum Gasteiger partial charge on any atom is -0.351 e. The summed E-state index contributed by atoms with van der Waals surface area (Å²) in [4.78, 5) is 16.1. The minimum absolute atomic E-state index is 0.525. The molecular formula is C14H11N3O. The van der Waals surface area contributed by atoms with Gasteiger partial charge in [-0.25, -0.2) is 14.3 Å². The van der Waals surface area contributed by atoms with Gasteiger partial charge in [0.1, 0.15) is 5.82 Å². The van der Waals surface area contributed by atoms with Crippen LogP contribution in [0.1, 0.15) is 0 Å². The van der Waals surface area contributed by atoms with E-state index in [1.165, 1.54) is 4.57 Å². The van der Waals surface area contributed by atoms with Crippen molar-refractivity contribution >= 4 is 17.1 Å². The lowest BCUT2D eigenvalue weighted by Crippen LogP contribution is -2.20. The highest BCUT2D eigenvalue weighted by molar-refractivity contribution is 5.93. The van der Waals surface area contributed by atoms with Crippen LogP contribution in [0, 0.1) is 0 Å². The van der Waals surface area contributed by atoms with E-state index in [0.717, 1.165) is 16.6 Å². The van der Waals surface area contributed by atoms with Crippen molar-refractivity contribution in [2.75, 3.05) is 0 Å². The average molecular weight is 237 g/mol. The van der Waals surface area contributed by atoms with Gasteiger partial charge in [-0.15, -0.1) is 0 Å². The first-order chi connectivity index (χ1) is 8.77. The first kappa shape index (κ1) is 10.5. The van der Waals surface area contributed by atoms with Gasteiger partial charge in [0.2, 0.25) is 0 Å². The molecule has 0 atom stereocenters. The summed E-state index contributed by atoms with van der Waals surface area (Å²) >= 11 is 0. The number of amides is 1. The van der Waals surface area contributed by atoms with Gasteiger partial charge in [0.15, 0.2) is 0 Å². The highest BCUT2D eigenvalue weighted by Gasteiger charge is 2.15. The zero-order valence-electron chi connectivity index (χ0n) is 9.58. The summed E-state index contributed by atoms with van der Waals surface area (Å²) in [6, 6.07) is 16.4. The fourth-order valence-corrected chi connectivity index (χ4v) is 2.03. The van der Waals surface area contributed by atoms with Crippen molar-refractivity contribution in [2.45, 2.75) is 0 Å². The Morgan fingerprint density at radius 3 is 2.39 bits per heavy atom. The molecule has 3 rings (SSSR count). The van der Waals surface area contributed by atoms with E-state index in [1.54, 1.807) is 0 Å². The maximum atomic E-state index is 11.6. The fraction of sp³-hybridized carbons (Fsp3) is 0. The zero-order chi connectivity index (χ0) is 12.5. The van der Waals surface area contributed by atoms with Crippen LogP contribution in [0.15, 0.2) is 54.6 Å². The molecule has 1 aromatic heterocycles. The summed E-state index contributed by atoms with van der Waals surface area (Å²) in [7, 11) is 0. The highest BCUT2D eigenvalue weighted by Crippen LogP contribution is 2.23. The Kier molecular flexibility index (Phi) is 2.34. The molecule has 0 aliphatic rings. The predicted molar refractivity (Wildman–Crippen MR) is 70.2 cm³/mol. The SMILES string of the molecule is NC(=O)n1c(-c2ccccc2)nc2ccccc21.